The van der Waals surface area contributed by atoms with Crippen LogP contribution in [0, 0.1) is 0 Å². The Morgan fingerprint density at radius 2 is 1.89 bits per heavy atom. The largest absolute Gasteiger partial charge is 0.385 e. The fourth-order valence-electron chi connectivity index (χ4n) is 1.83. The van der Waals surface area contributed by atoms with Gasteiger partial charge in [-0.2, -0.15) is 0 Å². The zero-order chi connectivity index (χ0) is 13.4. The summed E-state index contributed by atoms with van der Waals surface area (Å²) in [6, 6.07) is 7.79. The van der Waals surface area contributed by atoms with E-state index in [1.165, 1.54) is 5.56 Å². The molecular formula is C15H23NO2. The molecule has 0 bridgehead atoms. The third-order valence-corrected chi connectivity index (χ3v) is 3.09. The molecule has 0 saturated heterocycles. The molecule has 0 fully saturated rings. The number of aryl methyl sites for hydroxylation is 1. The van der Waals surface area contributed by atoms with Crippen molar-refractivity contribution in [3.8, 4) is 0 Å². The Morgan fingerprint density at radius 1 is 1.28 bits per heavy atom. The summed E-state index contributed by atoms with van der Waals surface area (Å²) in [6.07, 6.45) is 2.97. The molecule has 1 aromatic carbocycles. The lowest BCUT2D eigenvalue weighted by Gasteiger charge is -2.10. The maximum Gasteiger partial charge on any atom is 0.153 e. The van der Waals surface area contributed by atoms with Crippen molar-refractivity contribution in [3.05, 3.63) is 35.4 Å². The molecule has 1 aromatic rings. The monoisotopic (exact) mass is 249 g/mol. The molecule has 3 nitrogen and oxygen atoms in total. The second-order valence-electron chi connectivity index (χ2n) is 4.55. The smallest absolute Gasteiger partial charge is 0.153 e. The van der Waals surface area contributed by atoms with Crippen LogP contribution in [0.15, 0.2) is 24.3 Å². The third-order valence-electron chi connectivity index (χ3n) is 3.09. The minimum atomic E-state index is -0.369. The fourth-order valence-corrected chi connectivity index (χ4v) is 1.83. The molecule has 1 atom stereocenters. The van der Waals surface area contributed by atoms with Crippen molar-refractivity contribution in [1.82, 2.24) is 0 Å². The average Bonchev–Trinajstić information content (AvgIpc) is 2.39. The number of nitrogens with two attached hydrogens (primary N) is 1. The first-order chi connectivity index (χ1) is 8.67. The Labute approximate surface area is 109 Å². The van der Waals surface area contributed by atoms with E-state index in [4.69, 9.17) is 10.5 Å². The van der Waals surface area contributed by atoms with Gasteiger partial charge in [-0.15, -0.1) is 0 Å². The standard InChI is InChI=1S/C15H23NO2/c1-3-12-6-8-13(9-7-12)11-15(17)14(16)5-4-10-18-2/h6-9,14H,3-5,10-11,16H2,1-2H3. The topological polar surface area (TPSA) is 52.3 Å². The molecule has 0 aliphatic carbocycles. The highest BCUT2D eigenvalue weighted by atomic mass is 16.5. The highest BCUT2D eigenvalue weighted by Crippen LogP contribution is 2.08. The minimum absolute atomic E-state index is 0.107. The van der Waals surface area contributed by atoms with Gasteiger partial charge in [0, 0.05) is 20.1 Å². The zero-order valence-corrected chi connectivity index (χ0v) is 11.3. The number of Topliss-reactive ketones (excluding diaryl/α,β-unsaturated/α-hetero) is 1. The molecule has 0 radical (unpaired) electrons. The van der Waals surface area contributed by atoms with Crippen molar-refractivity contribution in [3.63, 3.8) is 0 Å². The van der Waals surface area contributed by atoms with Crippen LogP contribution in [-0.2, 0) is 22.4 Å². The molecule has 100 valence electrons. The molecule has 3 heteroatoms. The van der Waals surface area contributed by atoms with Gasteiger partial charge in [0.15, 0.2) is 5.78 Å². The highest BCUT2D eigenvalue weighted by Gasteiger charge is 2.13. The molecule has 2 N–H and O–H groups in total. The molecular weight excluding hydrogens is 226 g/mol. The quantitative estimate of drug-likeness (QED) is 0.718. The van der Waals surface area contributed by atoms with Crippen molar-refractivity contribution >= 4 is 5.78 Å². The second kappa shape index (κ2) is 8.01. The number of methoxy groups -OCH3 is 1. The van der Waals surface area contributed by atoms with Crippen molar-refractivity contribution in [1.29, 1.82) is 0 Å². The van der Waals surface area contributed by atoms with Gasteiger partial charge >= 0.3 is 0 Å². The summed E-state index contributed by atoms with van der Waals surface area (Å²) in [6.45, 7) is 2.78. The van der Waals surface area contributed by atoms with Gasteiger partial charge in [0.1, 0.15) is 0 Å². The summed E-state index contributed by atoms with van der Waals surface area (Å²) in [4.78, 5) is 11.9. The number of benzene rings is 1. The lowest BCUT2D eigenvalue weighted by atomic mass is 10.00. The van der Waals surface area contributed by atoms with Crippen LogP contribution in [0.5, 0.6) is 0 Å². The van der Waals surface area contributed by atoms with E-state index in [1.807, 2.05) is 12.1 Å². The SMILES string of the molecule is CCc1ccc(CC(=O)C(N)CCCOC)cc1. The summed E-state index contributed by atoms with van der Waals surface area (Å²) >= 11 is 0. The predicted octanol–water partition coefficient (Wildman–Crippen LogP) is 2.11. The van der Waals surface area contributed by atoms with E-state index in [-0.39, 0.29) is 11.8 Å². The predicted molar refractivity (Wildman–Crippen MR) is 73.6 cm³/mol. The van der Waals surface area contributed by atoms with Gasteiger partial charge in [-0.3, -0.25) is 4.79 Å². The molecule has 18 heavy (non-hydrogen) atoms. The second-order valence-corrected chi connectivity index (χ2v) is 4.55. The van der Waals surface area contributed by atoms with E-state index < -0.39 is 0 Å². The number of hydrogen-bond acceptors (Lipinski definition) is 3. The van der Waals surface area contributed by atoms with Crippen molar-refractivity contribution in [2.24, 2.45) is 5.73 Å². The van der Waals surface area contributed by atoms with Crippen LogP contribution in [0.2, 0.25) is 0 Å². The van der Waals surface area contributed by atoms with Gasteiger partial charge in [0.2, 0.25) is 0 Å². The average molecular weight is 249 g/mol. The number of hydrogen-bond donors (Lipinski definition) is 1. The Balaban J connectivity index is 2.42. The Hall–Kier alpha value is -1.19. The van der Waals surface area contributed by atoms with Crippen LogP contribution in [0.3, 0.4) is 0 Å². The summed E-state index contributed by atoms with van der Waals surface area (Å²) < 4.78 is 4.95. The molecule has 0 saturated carbocycles. The summed E-state index contributed by atoms with van der Waals surface area (Å²) in [5.74, 6) is 0.107. The van der Waals surface area contributed by atoms with Crippen molar-refractivity contribution in [2.45, 2.75) is 38.6 Å². The zero-order valence-electron chi connectivity index (χ0n) is 11.3. The molecule has 0 amide bonds. The lowest BCUT2D eigenvalue weighted by Crippen LogP contribution is -2.32. The van der Waals surface area contributed by atoms with E-state index in [2.05, 4.69) is 19.1 Å². The molecule has 1 unspecified atom stereocenters. The Bertz CT molecular complexity index is 359. The molecule has 0 aliphatic rings. The molecule has 0 aromatic heterocycles. The van der Waals surface area contributed by atoms with E-state index >= 15 is 0 Å². The summed E-state index contributed by atoms with van der Waals surface area (Å²) in [7, 11) is 1.66. The van der Waals surface area contributed by atoms with Crippen LogP contribution in [0.25, 0.3) is 0 Å². The molecule has 0 heterocycles. The summed E-state index contributed by atoms with van der Waals surface area (Å²) in [5.41, 5.74) is 8.19. The van der Waals surface area contributed by atoms with Crippen LogP contribution < -0.4 is 5.73 Å². The lowest BCUT2D eigenvalue weighted by molar-refractivity contribution is -0.119. The van der Waals surface area contributed by atoms with Gasteiger partial charge in [0.25, 0.3) is 0 Å². The van der Waals surface area contributed by atoms with Crippen LogP contribution in [-0.4, -0.2) is 25.5 Å². The first-order valence-corrected chi connectivity index (χ1v) is 6.52. The van der Waals surface area contributed by atoms with Gasteiger partial charge < -0.3 is 10.5 Å². The van der Waals surface area contributed by atoms with Crippen LogP contribution in [0.4, 0.5) is 0 Å². The maximum absolute atomic E-state index is 11.9. The third kappa shape index (κ3) is 4.98. The van der Waals surface area contributed by atoms with E-state index in [0.717, 1.165) is 18.4 Å². The van der Waals surface area contributed by atoms with Crippen LogP contribution in [0.1, 0.15) is 30.9 Å². The number of rotatable bonds is 8. The van der Waals surface area contributed by atoms with Gasteiger partial charge in [0.05, 0.1) is 6.04 Å². The van der Waals surface area contributed by atoms with Gasteiger partial charge in [-0.25, -0.2) is 0 Å². The van der Waals surface area contributed by atoms with Gasteiger partial charge in [-0.05, 0) is 30.4 Å². The van der Waals surface area contributed by atoms with Crippen LogP contribution >= 0.6 is 0 Å². The first kappa shape index (κ1) is 14.9. The number of carbonyl (C=O) groups is 1. The Morgan fingerprint density at radius 3 is 2.44 bits per heavy atom. The first-order valence-electron chi connectivity index (χ1n) is 6.52. The fraction of sp³-hybridized carbons (Fsp3) is 0.533. The van der Waals surface area contributed by atoms with Crippen molar-refractivity contribution in [2.75, 3.05) is 13.7 Å². The minimum Gasteiger partial charge on any atom is -0.385 e. The molecule has 1 rings (SSSR count). The van der Waals surface area contributed by atoms with E-state index in [9.17, 15) is 4.79 Å². The number of carbonyl (C=O) groups excluding carboxylic acids is 1. The maximum atomic E-state index is 11.9. The summed E-state index contributed by atoms with van der Waals surface area (Å²) in [5, 5.41) is 0. The van der Waals surface area contributed by atoms with Crippen molar-refractivity contribution < 1.29 is 9.53 Å². The highest BCUT2D eigenvalue weighted by molar-refractivity contribution is 5.85. The molecule has 0 spiro atoms. The van der Waals surface area contributed by atoms with Gasteiger partial charge in [-0.1, -0.05) is 31.2 Å². The number of ether oxygens (including phenoxy) is 1. The van der Waals surface area contributed by atoms with E-state index in [0.29, 0.717) is 19.4 Å². The van der Waals surface area contributed by atoms with E-state index in [1.54, 1.807) is 7.11 Å². The molecule has 0 aliphatic heterocycles. The Kier molecular flexibility index (Phi) is 6.61. The number of ketones is 1. The normalized spacial score (nSPS) is 12.4.